The van der Waals surface area contributed by atoms with Gasteiger partial charge in [-0.05, 0) is 36.0 Å². The zero-order valence-corrected chi connectivity index (χ0v) is 11.2. The molecule has 1 aromatic rings. The molecule has 0 aromatic heterocycles. The fourth-order valence-corrected chi connectivity index (χ4v) is 3.19. The number of aliphatic hydroxyl groups excluding tert-OH is 1. The third-order valence-corrected chi connectivity index (χ3v) is 4.36. The van der Waals surface area contributed by atoms with Gasteiger partial charge in [-0.15, -0.1) is 0 Å². The lowest BCUT2D eigenvalue weighted by atomic mass is 9.73. The van der Waals surface area contributed by atoms with E-state index in [1.807, 2.05) is 24.3 Å². The summed E-state index contributed by atoms with van der Waals surface area (Å²) >= 11 is 5.88. The molecule has 1 fully saturated rings. The van der Waals surface area contributed by atoms with Crippen LogP contribution in [0.25, 0.3) is 0 Å². The first-order valence-electron chi connectivity index (χ1n) is 6.66. The first kappa shape index (κ1) is 12.9. The molecule has 2 rings (SSSR count). The predicted octanol–water partition coefficient (Wildman–Crippen LogP) is 4.59. The van der Waals surface area contributed by atoms with Gasteiger partial charge >= 0.3 is 0 Å². The molecular formula is C15H21ClO. The maximum Gasteiger partial charge on any atom is 0.0820 e. The van der Waals surface area contributed by atoms with Gasteiger partial charge in [0.25, 0.3) is 0 Å². The minimum Gasteiger partial charge on any atom is -0.388 e. The van der Waals surface area contributed by atoms with Gasteiger partial charge in [0.15, 0.2) is 0 Å². The Bertz CT molecular complexity index is 346. The molecule has 94 valence electrons. The third kappa shape index (κ3) is 3.02. The summed E-state index contributed by atoms with van der Waals surface area (Å²) in [6, 6.07) is 7.64. The van der Waals surface area contributed by atoms with Crippen LogP contribution in [0.4, 0.5) is 0 Å². The fourth-order valence-electron chi connectivity index (χ4n) is 3.07. The van der Waals surface area contributed by atoms with Crippen LogP contribution in [-0.4, -0.2) is 5.11 Å². The van der Waals surface area contributed by atoms with E-state index in [0.717, 1.165) is 17.0 Å². The van der Waals surface area contributed by atoms with E-state index >= 15 is 0 Å². The van der Waals surface area contributed by atoms with Gasteiger partial charge in [0.05, 0.1) is 6.10 Å². The van der Waals surface area contributed by atoms with E-state index in [1.54, 1.807) is 0 Å². The number of halogens is 1. The second kappa shape index (κ2) is 5.88. The van der Waals surface area contributed by atoms with Crippen molar-refractivity contribution in [3.63, 3.8) is 0 Å². The second-order valence-corrected chi connectivity index (χ2v) is 5.55. The van der Waals surface area contributed by atoms with Crippen LogP contribution >= 0.6 is 11.6 Å². The van der Waals surface area contributed by atoms with Gasteiger partial charge in [-0.25, -0.2) is 0 Å². The first-order chi connectivity index (χ1) is 8.22. The highest BCUT2D eigenvalue weighted by atomic mass is 35.5. The molecule has 1 saturated carbocycles. The fraction of sp³-hybridized carbons (Fsp3) is 0.600. The molecule has 1 aliphatic rings. The standard InChI is InChI=1S/C15H21ClO/c1-2-11-5-3-4-6-14(11)15(17)12-7-9-13(16)10-8-12/h7-11,14-15,17H,2-6H2,1H3. The van der Waals surface area contributed by atoms with Crippen LogP contribution in [0.3, 0.4) is 0 Å². The Hall–Kier alpha value is -0.530. The monoisotopic (exact) mass is 252 g/mol. The van der Waals surface area contributed by atoms with Crippen LogP contribution in [0.15, 0.2) is 24.3 Å². The molecule has 1 aromatic carbocycles. The smallest absolute Gasteiger partial charge is 0.0820 e. The Balaban J connectivity index is 2.12. The van der Waals surface area contributed by atoms with E-state index in [-0.39, 0.29) is 6.10 Å². The average Bonchev–Trinajstić information content (AvgIpc) is 2.39. The molecule has 0 aliphatic heterocycles. The van der Waals surface area contributed by atoms with Crippen molar-refractivity contribution in [3.8, 4) is 0 Å². The number of hydrogen-bond donors (Lipinski definition) is 1. The van der Waals surface area contributed by atoms with Crippen molar-refractivity contribution in [2.24, 2.45) is 11.8 Å². The molecule has 1 N–H and O–H groups in total. The average molecular weight is 253 g/mol. The molecule has 1 nitrogen and oxygen atoms in total. The summed E-state index contributed by atoms with van der Waals surface area (Å²) < 4.78 is 0. The summed E-state index contributed by atoms with van der Waals surface area (Å²) in [7, 11) is 0. The summed E-state index contributed by atoms with van der Waals surface area (Å²) in [6.45, 7) is 2.23. The molecule has 0 radical (unpaired) electrons. The van der Waals surface area contributed by atoms with Gasteiger partial charge in [-0.3, -0.25) is 0 Å². The highest BCUT2D eigenvalue weighted by molar-refractivity contribution is 6.30. The first-order valence-corrected chi connectivity index (χ1v) is 7.03. The van der Waals surface area contributed by atoms with E-state index in [4.69, 9.17) is 11.6 Å². The van der Waals surface area contributed by atoms with Gasteiger partial charge in [0.1, 0.15) is 0 Å². The van der Waals surface area contributed by atoms with Crippen LogP contribution < -0.4 is 0 Å². The minimum absolute atomic E-state index is 0.322. The molecular weight excluding hydrogens is 232 g/mol. The molecule has 0 saturated heterocycles. The SMILES string of the molecule is CCC1CCCCC1C(O)c1ccc(Cl)cc1. The second-order valence-electron chi connectivity index (χ2n) is 5.11. The van der Waals surface area contributed by atoms with Gasteiger partial charge in [0, 0.05) is 5.02 Å². The Morgan fingerprint density at radius 1 is 1.24 bits per heavy atom. The maximum atomic E-state index is 10.5. The molecule has 0 spiro atoms. The Morgan fingerprint density at radius 2 is 1.88 bits per heavy atom. The Kier molecular flexibility index (Phi) is 4.47. The van der Waals surface area contributed by atoms with Crippen molar-refractivity contribution >= 4 is 11.6 Å². The molecule has 0 bridgehead atoms. The van der Waals surface area contributed by atoms with Crippen LogP contribution in [-0.2, 0) is 0 Å². The zero-order valence-electron chi connectivity index (χ0n) is 10.4. The molecule has 1 aliphatic carbocycles. The number of rotatable bonds is 3. The van der Waals surface area contributed by atoms with E-state index in [9.17, 15) is 5.11 Å². The van der Waals surface area contributed by atoms with Crippen LogP contribution in [0.5, 0.6) is 0 Å². The van der Waals surface area contributed by atoms with E-state index in [2.05, 4.69) is 6.92 Å². The Labute approximate surface area is 109 Å². The van der Waals surface area contributed by atoms with Crippen molar-refractivity contribution in [2.45, 2.75) is 45.1 Å². The lowest BCUT2D eigenvalue weighted by Gasteiger charge is -2.34. The van der Waals surface area contributed by atoms with Crippen molar-refractivity contribution in [1.29, 1.82) is 0 Å². The summed E-state index contributed by atoms with van der Waals surface area (Å²) in [6.07, 6.45) is 5.86. The Morgan fingerprint density at radius 3 is 2.53 bits per heavy atom. The summed E-state index contributed by atoms with van der Waals surface area (Å²) in [5.41, 5.74) is 1.01. The highest BCUT2D eigenvalue weighted by Crippen LogP contribution is 2.40. The van der Waals surface area contributed by atoms with Crippen molar-refractivity contribution in [2.75, 3.05) is 0 Å². The normalized spacial score (nSPS) is 26.8. The molecule has 0 amide bonds. The topological polar surface area (TPSA) is 20.2 Å². The number of hydrogen-bond acceptors (Lipinski definition) is 1. The number of aliphatic hydroxyl groups is 1. The van der Waals surface area contributed by atoms with Gasteiger partial charge in [0.2, 0.25) is 0 Å². The molecule has 0 heterocycles. The lowest BCUT2D eigenvalue weighted by molar-refractivity contribution is 0.0452. The van der Waals surface area contributed by atoms with Gasteiger partial charge in [-0.2, -0.15) is 0 Å². The summed E-state index contributed by atoms with van der Waals surface area (Å²) in [5, 5.41) is 11.2. The van der Waals surface area contributed by atoms with Crippen molar-refractivity contribution in [1.82, 2.24) is 0 Å². The van der Waals surface area contributed by atoms with Crippen molar-refractivity contribution < 1.29 is 5.11 Å². The molecule has 3 atom stereocenters. The van der Waals surface area contributed by atoms with E-state index < -0.39 is 0 Å². The highest BCUT2D eigenvalue weighted by Gasteiger charge is 2.30. The molecule has 17 heavy (non-hydrogen) atoms. The zero-order chi connectivity index (χ0) is 12.3. The predicted molar refractivity (Wildman–Crippen MR) is 72.2 cm³/mol. The van der Waals surface area contributed by atoms with Gasteiger partial charge < -0.3 is 5.11 Å². The minimum atomic E-state index is -0.322. The molecule has 3 unspecified atom stereocenters. The maximum absolute atomic E-state index is 10.5. The summed E-state index contributed by atoms with van der Waals surface area (Å²) in [4.78, 5) is 0. The summed E-state index contributed by atoms with van der Waals surface area (Å²) in [5.74, 6) is 1.10. The van der Waals surface area contributed by atoms with Gasteiger partial charge in [-0.1, -0.05) is 56.3 Å². The van der Waals surface area contributed by atoms with Crippen LogP contribution in [0.2, 0.25) is 5.02 Å². The van der Waals surface area contributed by atoms with Crippen LogP contribution in [0, 0.1) is 11.8 Å². The van der Waals surface area contributed by atoms with Crippen LogP contribution in [0.1, 0.15) is 50.7 Å². The van der Waals surface area contributed by atoms with E-state index in [1.165, 1.54) is 25.7 Å². The van der Waals surface area contributed by atoms with E-state index in [0.29, 0.717) is 11.8 Å². The quantitative estimate of drug-likeness (QED) is 0.834. The van der Waals surface area contributed by atoms with Crippen molar-refractivity contribution in [3.05, 3.63) is 34.9 Å². The lowest BCUT2D eigenvalue weighted by Crippen LogP contribution is -2.25. The molecule has 2 heteroatoms. The largest absolute Gasteiger partial charge is 0.388 e. The number of benzene rings is 1. The third-order valence-electron chi connectivity index (χ3n) is 4.11.